The standard InChI is InChI=1S/C11H11ClN2OS/c1-2-9-8(6-15)14-11(16-9)7-3-4-10(12)13-5-7/h3-5,15H,2,6H2,1H3. The van der Waals surface area contributed by atoms with E-state index in [0.717, 1.165) is 27.6 Å². The van der Waals surface area contributed by atoms with Gasteiger partial charge in [0.2, 0.25) is 0 Å². The lowest BCUT2D eigenvalue weighted by Gasteiger charge is -1.94. The quantitative estimate of drug-likeness (QED) is 0.857. The summed E-state index contributed by atoms with van der Waals surface area (Å²) in [6, 6.07) is 3.62. The molecule has 2 heterocycles. The highest BCUT2D eigenvalue weighted by molar-refractivity contribution is 7.15. The maximum absolute atomic E-state index is 9.16. The van der Waals surface area contributed by atoms with Crippen molar-refractivity contribution >= 4 is 22.9 Å². The summed E-state index contributed by atoms with van der Waals surface area (Å²) in [6.07, 6.45) is 2.58. The molecule has 0 amide bonds. The molecule has 0 saturated heterocycles. The molecule has 0 unspecified atom stereocenters. The molecule has 84 valence electrons. The summed E-state index contributed by atoms with van der Waals surface area (Å²) in [5.74, 6) is 0. The molecule has 2 aromatic rings. The highest BCUT2D eigenvalue weighted by Crippen LogP contribution is 2.28. The first-order valence-electron chi connectivity index (χ1n) is 4.96. The molecular weight excluding hydrogens is 244 g/mol. The van der Waals surface area contributed by atoms with Crippen molar-refractivity contribution in [3.05, 3.63) is 34.1 Å². The molecule has 0 spiro atoms. The van der Waals surface area contributed by atoms with Crippen LogP contribution in [-0.2, 0) is 13.0 Å². The second-order valence-electron chi connectivity index (χ2n) is 3.27. The van der Waals surface area contributed by atoms with Crippen molar-refractivity contribution in [3.63, 3.8) is 0 Å². The van der Waals surface area contributed by atoms with Crippen molar-refractivity contribution in [2.24, 2.45) is 0 Å². The van der Waals surface area contributed by atoms with Crippen LogP contribution in [0.3, 0.4) is 0 Å². The largest absolute Gasteiger partial charge is 0.390 e. The Morgan fingerprint density at radius 2 is 2.25 bits per heavy atom. The summed E-state index contributed by atoms with van der Waals surface area (Å²) in [6.45, 7) is 2.04. The van der Waals surface area contributed by atoms with Gasteiger partial charge in [-0.25, -0.2) is 9.97 Å². The summed E-state index contributed by atoms with van der Waals surface area (Å²) in [5.41, 5.74) is 1.70. The van der Waals surface area contributed by atoms with Gasteiger partial charge in [0.25, 0.3) is 0 Å². The molecule has 0 fully saturated rings. The predicted octanol–water partition coefficient (Wildman–Crippen LogP) is 2.91. The van der Waals surface area contributed by atoms with Gasteiger partial charge in [-0.05, 0) is 18.6 Å². The van der Waals surface area contributed by atoms with E-state index in [1.807, 2.05) is 6.07 Å². The average molecular weight is 255 g/mol. The van der Waals surface area contributed by atoms with Crippen molar-refractivity contribution in [2.75, 3.05) is 0 Å². The van der Waals surface area contributed by atoms with Crippen LogP contribution in [0.1, 0.15) is 17.5 Å². The van der Waals surface area contributed by atoms with Crippen molar-refractivity contribution in [1.82, 2.24) is 9.97 Å². The third-order valence-corrected chi connectivity index (χ3v) is 3.74. The van der Waals surface area contributed by atoms with Crippen molar-refractivity contribution < 1.29 is 5.11 Å². The van der Waals surface area contributed by atoms with Crippen LogP contribution in [0.15, 0.2) is 18.3 Å². The minimum atomic E-state index is -0.0132. The maximum atomic E-state index is 9.16. The Balaban J connectivity index is 2.40. The number of aromatic nitrogens is 2. The zero-order valence-electron chi connectivity index (χ0n) is 8.77. The smallest absolute Gasteiger partial charge is 0.129 e. The Morgan fingerprint density at radius 3 is 2.75 bits per heavy atom. The highest BCUT2D eigenvalue weighted by atomic mass is 35.5. The number of rotatable bonds is 3. The van der Waals surface area contributed by atoms with Gasteiger partial charge in [-0.3, -0.25) is 0 Å². The van der Waals surface area contributed by atoms with E-state index in [9.17, 15) is 0 Å². The molecule has 0 saturated carbocycles. The molecule has 0 radical (unpaired) electrons. The van der Waals surface area contributed by atoms with Crippen LogP contribution in [0.25, 0.3) is 10.6 Å². The Bertz CT molecular complexity index is 460. The first kappa shape index (κ1) is 11.5. The van der Waals surface area contributed by atoms with Crippen LogP contribution >= 0.6 is 22.9 Å². The fraction of sp³-hybridized carbons (Fsp3) is 0.273. The number of nitrogens with zero attached hydrogens (tertiary/aromatic N) is 2. The van der Waals surface area contributed by atoms with Crippen LogP contribution in [-0.4, -0.2) is 15.1 Å². The Hall–Kier alpha value is -0.970. The molecule has 3 nitrogen and oxygen atoms in total. The van der Waals surface area contributed by atoms with E-state index in [2.05, 4.69) is 16.9 Å². The van der Waals surface area contributed by atoms with Gasteiger partial charge in [0.1, 0.15) is 10.2 Å². The topological polar surface area (TPSA) is 46.0 Å². The van der Waals surface area contributed by atoms with E-state index in [-0.39, 0.29) is 6.61 Å². The highest BCUT2D eigenvalue weighted by Gasteiger charge is 2.10. The van der Waals surface area contributed by atoms with E-state index < -0.39 is 0 Å². The molecule has 0 bridgehead atoms. The molecule has 16 heavy (non-hydrogen) atoms. The van der Waals surface area contributed by atoms with E-state index in [1.54, 1.807) is 23.6 Å². The first-order chi connectivity index (χ1) is 7.74. The molecule has 0 aliphatic carbocycles. The lowest BCUT2D eigenvalue weighted by molar-refractivity contribution is 0.276. The molecule has 2 rings (SSSR count). The van der Waals surface area contributed by atoms with E-state index in [0.29, 0.717) is 5.15 Å². The van der Waals surface area contributed by atoms with Gasteiger partial charge in [-0.2, -0.15) is 0 Å². The zero-order valence-corrected chi connectivity index (χ0v) is 10.3. The van der Waals surface area contributed by atoms with E-state index in [1.165, 1.54) is 0 Å². The van der Waals surface area contributed by atoms with Crippen LogP contribution in [0.4, 0.5) is 0 Å². The molecule has 2 aromatic heterocycles. The van der Waals surface area contributed by atoms with Gasteiger partial charge in [-0.1, -0.05) is 18.5 Å². The lowest BCUT2D eigenvalue weighted by Crippen LogP contribution is -1.88. The fourth-order valence-electron chi connectivity index (χ4n) is 1.41. The van der Waals surface area contributed by atoms with Crippen LogP contribution in [0.2, 0.25) is 5.15 Å². The molecule has 0 aliphatic heterocycles. The van der Waals surface area contributed by atoms with Crippen molar-refractivity contribution in [1.29, 1.82) is 0 Å². The number of hydrogen-bond acceptors (Lipinski definition) is 4. The minimum Gasteiger partial charge on any atom is -0.390 e. The summed E-state index contributed by atoms with van der Waals surface area (Å²) in [5, 5.41) is 10.5. The van der Waals surface area contributed by atoms with Gasteiger partial charge in [-0.15, -0.1) is 11.3 Å². The van der Waals surface area contributed by atoms with E-state index in [4.69, 9.17) is 16.7 Å². The van der Waals surface area contributed by atoms with Gasteiger partial charge in [0.15, 0.2) is 0 Å². The molecule has 5 heteroatoms. The third-order valence-electron chi connectivity index (χ3n) is 2.22. The molecule has 0 atom stereocenters. The summed E-state index contributed by atoms with van der Waals surface area (Å²) < 4.78 is 0. The fourth-order valence-corrected chi connectivity index (χ4v) is 2.52. The molecule has 0 aliphatic rings. The number of aliphatic hydroxyl groups is 1. The summed E-state index contributed by atoms with van der Waals surface area (Å²) >= 11 is 7.31. The van der Waals surface area contributed by atoms with Gasteiger partial charge in [0.05, 0.1) is 12.3 Å². The SMILES string of the molecule is CCc1sc(-c2ccc(Cl)nc2)nc1CO. The van der Waals surface area contributed by atoms with Gasteiger partial charge < -0.3 is 5.11 Å². The third kappa shape index (κ3) is 2.24. The normalized spacial score (nSPS) is 10.7. The van der Waals surface area contributed by atoms with Gasteiger partial charge >= 0.3 is 0 Å². The Morgan fingerprint density at radius 1 is 1.44 bits per heavy atom. The van der Waals surface area contributed by atoms with Gasteiger partial charge in [0, 0.05) is 16.6 Å². The maximum Gasteiger partial charge on any atom is 0.129 e. The van der Waals surface area contributed by atoms with Crippen LogP contribution in [0, 0.1) is 0 Å². The summed E-state index contributed by atoms with van der Waals surface area (Å²) in [4.78, 5) is 9.52. The van der Waals surface area contributed by atoms with E-state index >= 15 is 0 Å². The lowest BCUT2D eigenvalue weighted by atomic mass is 10.3. The number of pyridine rings is 1. The van der Waals surface area contributed by atoms with Crippen LogP contribution in [0.5, 0.6) is 0 Å². The number of halogens is 1. The molecule has 0 aromatic carbocycles. The monoisotopic (exact) mass is 254 g/mol. The van der Waals surface area contributed by atoms with Crippen LogP contribution < -0.4 is 0 Å². The summed E-state index contributed by atoms with van der Waals surface area (Å²) in [7, 11) is 0. The molecular formula is C11H11ClN2OS. The number of aliphatic hydroxyl groups excluding tert-OH is 1. The average Bonchev–Trinajstić information content (AvgIpc) is 2.73. The molecule has 1 N–H and O–H groups in total. The minimum absolute atomic E-state index is 0.0132. The number of thiazole rings is 1. The second-order valence-corrected chi connectivity index (χ2v) is 4.74. The van der Waals surface area contributed by atoms with Crippen molar-refractivity contribution in [3.8, 4) is 10.6 Å². The first-order valence-corrected chi connectivity index (χ1v) is 6.15. The van der Waals surface area contributed by atoms with Crippen molar-refractivity contribution in [2.45, 2.75) is 20.0 Å². The second kappa shape index (κ2) is 4.91. The zero-order chi connectivity index (χ0) is 11.5. The predicted molar refractivity (Wildman–Crippen MR) is 65.7 cm³/mol. The number of aryl methyl sites for hydroxylation is 1. The Kier molecular flexibility index (Phi) is 3.53. The Labute approximate surface area is 103 Å². The number of hydrogen-bond donors (Lipinski definition) is 1.